The minimum atomic E-state index is -1.16. The number of nitrogens with one attached hydrogen (secondary N) is 2. The van der Waals surface area contributed by atoms with Crippen LogP contribution in [0.3, 0.4) is 0 Å². The van der Waals surface area contributed by atoms with Crippen LogP contribution in [0.4, 0.5) is 0 Å². The van der Waals surface area contributed by atoms with Gasteiger partial charge in [-0.1, -0.05) is 0 Å². The molecule has 0 saturated carbocycles. The largest absolute Gasteiger partial charge is 0.477 e. The van der Waals surface area contributed by atoms with Gasteiger partial charge in [0.2, 0.25) is 5.91 Å². The summed E-state index contributed by atoms with van der Waals surface area (Å²) in [5.74, 6) is -1.88. The van der Waals surface area contributed by atoms with E-state index >= 15 is 0 Å². The first kappa shape index (κ1) is 18.2. The van der Waals surface area contributed by atoms with Crippen molar-refractivity contribution in [3.63, 3.8) is 0 Å². The van der Waals surface area contributed by atoms with Gasteiger partial charge in [0.25, 0.3) is 5.91 Å². The van der Waals surface area contributed by atoms with Crippen molar-refractivity contribution in [2.45, 2.75) is 19.9 Å². The van der Waals surface area contributed by atoms with Crippen molar-refractivity contribution in [3.05, 3.63) is 35.4 Å². The van der Waals surface area contributed by atoms with Gasteiger partial charge in [0.1, 0.15) is 17.4 Å². The van der Waals surface area contributed by atoms with Gasteiger partial charge in [0.15, 0.2) is 0 Å². The number of aromatic nitrogens is 4. The van der Waals surface area contributed by atoms with Gasteiger partial charge in [-0.05, 0) is 26.0 Å². The molecule has 1 atom stereocenters. The fraction of sp³-hybridized carbons (Fsp3) is 0.400. The van der Waals surface area contributed by atoms with E-state index in [1.807, 2.05) is 6.92 Å². The Kier molecular flexibility index (Phi) is 5.52. The average Bonchev–Trinajstić information content (AvgIpc) is 3.18. The van der Waals surface area contributed by atoms with Gasteiger partial charge in [-0.3, -0.25) is 14.3 Å². The van der Waals surface area contributed by atoms with Crippen LogP contribution in [0.15, 0.2) is 18.3 Å². The Hall–Kier alpha value is -3.17. The maximum Gasteiger partial charge on any atom is 0.354 e. The molecule has 25 heavy (non-hydrogen) atoms. The molecule has 2 heterocycles. The molecule has 0 aliphatic rings. The SMILES string of the molecule is Cc1cc(C(=O)NCCNC(=O)C(C)n2nccc2C(=O)O)nn1C. The van der Waals surface area contributed by atoms with E-state index in [-0.39, 0.29) is 24.7 Å². The van der Waals surface area contributed by atoms with Crippen LogP contribution >= 0.6 is 0 Å². The van der Waals surface area contributed by atoms with E-state index in [0.29, 0.717) is 5.69 Å². The van der Waals surface area contributed by atoms with E-state index in [2.05, 4.69) is 20.8 Å². The Balaban J connectivity index is 1.81. The van der Waals surface area contributed by atoms with Crippen molar-refractivity contribution in [3.8, 4) is 0 Å². The molecule has 0 spiro atoms. The monoisotopic (exact) mass is 348 g/mol. The first-order chi connectivity index (χ1) is 11.8. The topological polar surface area (TPSA) is 131 Å². The summed E-state index contributed by atoms with van der Waals surface area (Å²) in [6.45, 7) is 3.80. The predicted molar refractivity (Wildman–Crippen MR) is 87.2 cm³/mol. The minimum Gasteiger partial charge on any atom is -0.477 e. The molecule has 134 valence electrons. The summed E-state index contributed by atoms with van der Waals surface area (Å²) in [4.78, 5) is 35.1. The molecule has 0 saturated heterocycles. The second-order valence-electron chi connectivity index (χ2n) is 5.48. The number of hydrogen-bond donors (Lipinski definition) is 3. The van der Waals surface area contributed by atoms with Gasteiger partial charge < -0.3 is 15.7 Å². The highest BCUT2D eigenvalue weighted by Crippen LogP contribution is 2.09. The van der Waals surface area contributed by atoms with Crippen LogP contribution in [-0.2, 0) is 11.8 Å². The Morgan fingerprint density at radius 3 is 2.56 bits per heavy atom. The second-order valence-corrected chi connectivity index (χ2v) is 5.48. The average molecular weight is 348 g/mol. The Morgan fingerprint density at radius 2 is 1.96 bits per heavy atom. The number of aromatic carboxylic acids is 1. The summed E-state index contributed by atoms with van der Waals surface area (Å²) in [6.07, 6.45) is 1.32. The van der Waals surface area contributed by atoms with Crippen LogP contribution in [-0.4, -0.2) is 55.5 Å². The second kappa shape index (κ2) is 7.60. The molecule has 10 heteroatoms. The smallest absolute Gasteiger partial charge is 0.354 e. The number of carboxylic acid groups (broad SMARTS) is 1. The first-order valence-corrected chi connectivity index (χ1v) is 7.64. The van der Waals surface area contributed by atoms with Crippen LogP contribution in [0.5, 0.6) is 0 Å². The number of aryl methyl sites for hydroxylation is 2. The van der Waals surface area contributed by atoms with Gasteiger partial charge in [-0.25, -0.2) is 9.48 Å². The standard InChI is InChI=1S/C15H20N6O4/c1-9-8-11(19-20(9)3)14(23)17-7-6-16-13(22)10(2)21-12(15(24)25)4-5-18-21/h4-5,8,10H,6-7H2,1-3H3,(H,16,22)(H,17,23)(H,24,25). The predicted octanol–water partition coefficient (Wildman–Crippen LogP) is -0.270. The molecule has 2 aromatic rings. The lowest BCUT2D eigenvalue weighted by molar-refractivity contribution is -0.124. The highest BCUT2D eigenvalue weighted by molar-refractivity contribution is 5.92. The molecule has 0 aromatic carbocycles. The molecule has 0 bridgehead atoms. The number of carboxylic acids is 1. The maximum absolute atomic E-state index is 12.1. The van der Waals surface area contributed by atoms with Gasteiger partial charge in [-0.2, -0.15) is 10.2 Å². The molecule has 0 fully saturated rings. The number of hydrogen-bond acceptors (Lipinski definition) is 5. The van der Waals surface area contributed by atoms with E-state index in [1.165, 1.54) is 12.3 Å². The highest BCUT2D eigenvalue weighted by atomic mass is 16.4. The summed E-state index contributed by atoms with van der Waals surface area (Å²) in [7, 11) is 1.74. The summed E-state index contributed by atoms with van der Waals surface area (Å²) in [5, 5.41) is 22.2. The lowest BCUT2D eigenvalue weighted by Crippen LogP contribution is -2.38. The van der Waals surface area contributed by atoms with E-state index in [0.717, 1.165) is 10.4 Å². The molecule has 0 aliphatic carbocycles. The van der Waals surface area contributed by atoms with Crippen LogP contribution < -0.4 is 10.6 Å². The van der Waals surface area contributed by atoms with Gasteiger partial charge in [-0.15, -0.1) is 0 Å². The summed E-state index contributed by atoms with van der Waals surface area (Å²) >= 11 is 0. The minimum absolute atomic E-state index is 0.0681. The molecule has 0 radical (unpaired) electrons. The zero-order chi connectivity index (χ0) is 18.6. The third-order valence-electron chi connectivity index (χ3n) is 3.69. The zero-order valence-electron chi connectivity index (χ0n) is 14.2. The Morgan fingerprint density at radius 1 is 1.28 bits per heavy atom. The molecule has 2 rings (SSSR count). The van der Waals surface area contributed by atoms with Crippen molar-refractivity contribution in [2.24, 2.45) is 7.05 Å². The number of nitrogens with zero attached hydrogens (tertiary/aromatic N) is 4. The van der Waals surface area contributed by atoms with E-state index in [1.54, 1.807) is 24.7 Å². The number of carbonyl (C=O) groups excluding carboxylic acids is 2. The summed E-state index contributed by atoms with van der Waals surface area (Å²) in [5.41, 5.74) is 1.10. The van der Waals surface area contributed by atoms with E-state index in [9.17, 15) is 14.4 Å². The molecule has 10 nitrogen and oxygen atoms in total. The van der Waals surface area contributed by atoms with Crippen LogP contribution in [0.2, 0.25) is 0 Å². The fourth-order valence-corrected chi connectivity index (χ4v) is 2.17. The molecule has 0 aliphatic heterocycles. The quantitative estimate of drug-likeness (QED) is 0.590. The van der Waals surface area contributed by atoms with Crippen molar-refractivity contribution in [1.29, 1.82) is 0 Å². The first-order valence-electron chi connectivity index (χ1n) is 7.64. The summed E-state index contributed by atoms with van der Waals surface area (Å²) in [6, 6.07) is 2.21. The van der Waals surface area contributed by atoms with Crippen LogP contribution in [0.1, 0.15) is 39.6 Å². The normalized spacial score (nSPS) is 11.8. The van der Waals surface area contributed by atoms with Gasteiger partial charge >= 0.3 is 5.97 Å². The maximum atomic E-state index is 12.1. The molecule has 1 unspecified atom stereocenters. The summed E-state index contributed by atoms with van der Waals surface area (Å²) < 4.78 is 2.73. The Labute approximate surface area is 143 Å². The van der Waals surface area contributed by atoms with E-state index in [4.69, 9.17) is 5.11 Å². The third kappa shape index (κ3) is 4.22. The molecule has 3 N–H and O–H groups in total. The van der Waals surface area contributed by atoms with Crippen molar-refractivity contribution >= 4 is 17.8 Å². The van der Waals surface area contributed by atoms with Crippen molar-refractivity contribution < 1.29 is 19.5 Å². The lowest BCUT2D eigenvalue weighted by atomic mass is 10.3. The number of rotatable bonds is 7. The number of carbonyl (C=O) groups is 3. The zero-order valence-corrected chi connectivity index (χ0v) is 14.2. The highest BCUT2D eigenvalue weighted by Gasteiger charge is 2.21. The fourth-order valence-electron chi connectivity index (χ4n) is 2.17. The Bertz CT molecular complexity index is 774. The van der Waals surface area contributed by atoms with Crippen LogP contribution in [0.25, 0.3) is 0 Å². The molecule has 2 aromatic heterocycles. The van der Waals surface area contributed by atoms with E-state index < -0.39 is 17.9 Å². The molecule has 2 amide bonds. The molecular formula is C15H20N6O4. The van der Waals surface area contributed by atoms with Crippen LogP contribution in [0, 0.1) is 6.92 Å². The third-order valence-corrected chi connectivity index (χ3v) is 3.69. The van der Waals surface area contributed by atoms with Gasteiger partial charge in [0, 0.05) is 32.0 Å². The van der Waals surface area contributed by atoms with Crippen molar-refractivity contribution in [1.82, 2.24) is 30.2 Å². The molecular weight excluding hydrogens is 328 g/mol. The van der Waals surface area contributed by atoms with Gasteiger partial charge in [0.05, 0.1) is 0 Å². The van der Waals surface area contributed by atoms with Crippen molar-refractivity contribution in [2.75, 3.05) is 13.1 Å². The lowest BCUT2D eigenvalue weighted by Gasteiger charge is -2.14. The number of amides is 2.